The number of esters is 2. The highest BCUT2D eigenvalue weighted by molar-refractivity contribution is 6.08. The molecule has 10 nitrogen and oxygen atoms in total. The third-order valence-corrected chi connectivity index (χ3v) is 4.51. The zero-order valence-electron chi connectivity index (χ0n) is 18.8. The lowest BCUT2D eigenvalue weighted by Gasteiger charge is -2.20. The van der Waals surface area contributed by atoms with Gasteiger partial charge in [0.25, 0.3) is 5.69 Å². The molecule has 172 valence electrons. The van der Waals surface area contributed by atoms with E-state index in [0.29, 0.717) is 16.8 Å². The molecular weight excluding hydrogens is 430 g/mol. The summed E-state index contributed by atoms with van der Waals surface area (Å²) in [4.78, 5) is 40.3. The summed E-state index contributed by atoms with van der Waals surface area (Å²) >= 11 is 0. The van der Waals surface area contributed by atoms with Gasteiger partial charge in [-0.25, -0.2) is 14.6 Å². The summed E-state index contributed by atoms with van der Waals surface area (Å²) < 4.78 is 16.2. The number of nitrogens with one attached hydrogen (secondary N) is 1. The number of hydrogen-bond acceptors (Lipinski definition) is 9. The number of pyridine rings is 1. The molecule has 0 aliphatic rings. The van der Waals surface area contributed by atoms with Crippen molar-refractivity contribution in [1.82, 2.24) is 4.98 Å². The van der Waals surface area contributed by atoms with Crippen molar-refractivity contribution in [3.8, 4) is 11.5 Å². The van der Waals surface area contributed by atoms with Crippen molar-refractivity contribution < 1.29 is 28.7 Å². The number of nitro groups is 1. The molecule has 1 N–H and O–H groups in total. The minimum absolute atomic E-state index is 0.0408. The van der Waals surface area contributed by atoms with Crippen molar-refractivity contribution in [3.05, 3.63) is 63.8 Å². The van der Waals surface area contributed by atoms with Gasteiger partial charge in [-0.05, 0) is 51.1 Å². The molecule has 2 aromatic carbocycles. The highest BCUT2D eigenvalue weighted by Gasteiger charge is 2.25. The number of carbonyl (C=O) groups excluding carboxylic acids is 2. The molecule has 0 atom stereocenters. The molecule has 0 fully saturated rings. The molecule has 33 heavy (non-hydrogen) atoms. The highest BCUT2D eigenvalue weighted by atomic mass is 16.6. The van der Waals surface area contributed by atoms with Gasteiger partial charge in [0.05, 0.1) is 23.3 Å². The molecule has 1 aromatic heterocycles. The van der Waals surface area contributed by atoms with Gasteiger partial charge in [0.2, 0.25) is 0 Å². The Morgan fingerprint density at radius 1 is 1.06 bits per heavy atom. The number of ether oxygens (including phenoxy) is 3. The average Bonchev–Trinajstić information content (AvgIpc) is 2.76. The van der Waals surface area contributed by atoms with Crippen LogP contribution in [0.3, 0.4) is 0 Å². The lowest BCUT2D eigenvalue weighted by atomic mass is 10.1. The van der Waals surface area contributed by atoms with E-state index in [0.717, 1.165) is 0 Å². The Morgan fingerprint density at radius 3 is 2.27 bits per heavy atom. The van der Waals surface area contributed by atoms with Crippen LogP contribution in [-0.4, -0.2) is 41.6 Å². The first kappa shape index (κ1) is 23.5. The summed E-state index contributed by atoms with van der Waals surface area (Å²) in [6, 6.07) is 9.80. The predicted octanol–water partition coefficient (Wildman–Crippen LogP) is 4.37. The van der Waals surface area contributed by atoms with Gasteiger partial charge in [-0.15, -0.1) is 0 Å². The highest BCUT2D eigenvalue weighted by Crippen LogP contribution is 2.32. The maximum absolute atomic E-state index is 12.9. The third kappa shape index (κ3) is 5.17. The summed E-state index contributed by atoms with van der Waals surface area (Å²) in [7, 11) is 3.07. The zero-order chi connectivity index (χ0) is 24.3. The summed E-state index contributed by atoms with van der Waals surface area (Å²) in [5, 5.41) is 14.1. The Kier molecular flexibility index (Phi) is 6.47. The van der Waals surface area contributed by atoms with Gasteiger partial charge in [0.1, 0.15) is 22.6 Å². The largest absolute Gasteiger partial charge is 0.494 e. The molecule has 0 amide bonds. The predicted molar refractivity (Wildman–Crippen MR) is 121 cm³/mol. The molecule has 0 aliphatic carbocycles. The fourth-order valence-electron chi connectivity index (χ4n) is 3.05. The smallest absolute Gasteiger partial charge is 0.359 e. The molecule has 0 saturated carbocycles. The van der Waals surface area contributed by atoms with Crippen LogP contribution in [0, 0.1) is 10.1 Å². The lowest BCUT2D eigenvalue weighted by molar-refractivity contribution is -0.384. The minimum atomic E-state index is -0.723. The molecule has 10 heteroatoms. The molecule has 1 heterocycles. The normalized spacial score (nSPS) is 11.1. The molecule has 0 bridgehead atoms. The number of nitrogens with zero attached hydrogens (tertiary/aromatic N) is 2. The van der Waals surface area contributed by atoms with Gasteiger partial charge in [-0.2, -0.15) is 0 Å². The summed E-state index contributed by atoms with van der Waals surface area (Å²) in [5.41, 5.74) is -0.00527. The summed E-state index contributed by atoms with van der Waals surface area (Å²) in [5.74, 6) is -0.842. The first-order valence-corrected chi connectivity index (χ1v) is 9.93. The number of anilines is 1. The van der Waals surface area contributed by atoms with Crippen molar-refractivity contribution in [3.63, 3.8) is 0 Å². The van der Waals surface area contributed by atoms with Crippen molar-refractivity contribution in [1.29, 1.82) is 0 Å². The van der Waals surface area contributed by atoms with E-state index < -0.39 is 22.5 Å². The van der Waals surface area contributed by atoms with E-state index >= 15 is 0 Å². The van der Waals surface area contributed by atoms with E-state index in [-0.39, 0.29) is 28.2 Å². The fourth-order valence-corrected chi connectivity index (χ4v) is 3.05. The second kappa shape index (κ2) is 9.11. The van der Waals surface area contributed by atoms with Crippen molar-refractivity contribution >= 4 is 34.2 Å². The molecule has 0 unspecified atom stereocenters. The van der Waals surface area contributed by atoms with Gasteiger partial charge in [-0.1, -0.05) is 0 Å². The van der Waals surface area contributed by atoms with E-state index in [4.69, 9.17) is 14.2 Å². The van der Waals surface area contributed by atoms with Crippen LogP contribution in [0.5, 0.6) is 11.5 Å². The minimum Gasteiger partial charge on any atom is -0.494 e. The van der Waals surface area contributed by atoms with Crippen LogP contribution in [0.25, 0.3) is 10.9 Å². The third-order valence-electron chi connectivity index (χ3n) is 4.51. The molecule has 0 aliphatic heterocycles. The lowest BCUT2D eigenvalue weighted by Crippen LogP contribution is -2.25. The van der Waals surface area contributed by atoms with Crippen LogP contribution >= 0.6 is 0 Å². The SMILES string of the molecule is CNc1cc2c(C(=O)Oc3ccc([N+](=O)[O-])cc3)ccc(OC)c2nc1C(=O)OC(C)(C)C. The molecule has 3 rings (SSSR count). The van der Waals surface area contributed by atoms with Gasteiger partial charge in [0.15, 0.2) is 5.69 Å². The van der Waals surface area contributed by atoms with E-state index in [2.05, 4.69) is 10.3 Å². The average molecular weight is 453 g/mol. The molecule has 0 saturated heterocycles. The zero-order valence-corrected chi connectivity index (χ0v) is 18.8. The van der Waals surface area contributed by atoms with Crippen molar-refractivity contribution in [2.24, 2.45) is 0 Å². The molecular formula is C23H23N3O7. The Bertz CT molecular complexity index is 1230. The maximum atomic E-state index is 12.9. The van der Waals surface area contributed by atoms with Crippen LogP contribution in [-0.2, 0) is 4.74 Å². The Labute approximate surface area is 189 Å². The number of benzene rings is 2. The quantitative estimate of drug-likeness (QED) is 0.250. The summed E-state index contributed by atoms with van der Waals surface area (Å²) in [6.45, 7) is 5.24. The standard InChI is InChI=1S/C23H23N3O7/c1-23(2,3)33-22(28)20-17(24-4)12-16-15(10-11-18(31-5)19(16)25-20)21(27)32-14-8-6-13(7-9-14)26(29)30/h6-12,24H,1-5H3. The number of carbonyl (C=O) groups is 2. The van der Waals surface area contributed by atoms with E-state index in [1.54, 1.807) is 40.0 Å². The molecule has 0 spiro atoms. The first-order valence-electron chi connectivity index (χ1n) is 9.93. The van der Waals surface area contributed by atoms with Gasteiger partial charge < -0.3 is 19.5 Å². The van der Waals surface area contributed by atoms with E-state index in [1.807, 2.05) is 0 Å². The number of methoxy groups -OCH3 is 1. The Hall–Kier alpha value is -4.21. The molecule has 3 aromatic rings. The van der Waals surface area contributed by atoms with Crippen LogP contribution < -0.4 is 14.8 Å². The first-order chi connectivity index (χ1) is 15.5. The maximum Gasteiger partial charge on any atom is 0.359 e. The van der Waals surface area contributed by atoms with Crippen LogP contribution in [0.4, 0.5) is 11.4 Å². The number of non-ortho nitro benzene ring substituents is 1. The number of rotatable bonds is 6. The number of nitro benzene ring substituents is 1. The second-order valence-electron chi connectivity index (χ2n) is 7.99. The van der Waals surface area contributed by atoms with Gasteiger partial charge in [0, 0.05) is 24.6 Å². The molecule has 0 radical (unpaired) electrons. The second-order valence-corrected chi connectivity index (χ2v) is 7.99. The van der Waals surface area contributed by atoms with Crippen molar-refractivity contribution in [2.45, 2.75) is 26.4 Å². The summed E-state index contributed by atoms with van der Waals surface area (Å²) in [6.07, 6.45) is 0. The van der Waals surface area contributed by atoms with Gasteiger partial charge in [-0.3, -0.25) is 10.1 Å². The monoisotopic (exact) mass is 453 g/mol. The number of fused-ring (bicyclic) bond motifs is 1. The van der Waals surface area contributed by atoms with E-state index in [1.165, 1.54) is 37.4 Å². The Balaban J connectivity index is 2.06. The number of hydrogen-bond donors (Lipinski definition) is 1. The van der Waals surface area contributed by atoms with Gasteiger partial charge >= 0.3 is 11.9 Å². The van der Waals surface area contributed by atoms with Crippen LogP contribution in [0.15, 0.2) is 42.5 Å². The van der Waals surface area contributed by atoms with E-state index in [9.17, 15) is 19.7 Å². The number of aromatic nitrogens is 1. The topological polar surface area (TPSA) is 130 Å². The Morgan fingerprint density at radius 2 is 1.73 bits per heavy atom. The fraction of sp³-hybridized carbons (Fsp3) is 0.261. The van der Waals surface area contributed by atoms with Crippen LogP contribution in [0.2, 0.25) is 0 Å². The van der Waals surface area contributed by atoms with Crippen molar-refractivity contribution in [2.75, 3.05) is 19.5 Å². The van der Waals surface area contributed by atoms with Crippen LogP contribution in [0.1, 0.15) is 41.6 Å².